The van der Waals surface area contributed by atoms with Crippen LogP contribution < -0.4 is 11.2 Å². The number of hydrogen-bond donors (Lipinski definition) is 2. The van der Waals surface area contributed by atoms with Crippen molar-refractivity contribution in [2.45, 2.75) is 32.9 Å². The number of methoxy groups -OCH3 is 1. The average Bonchev–Trinajstić information content (AvgIpc) is 3.56. The molecule has 2 aromatic carbocycles. The molecule has 3 aromatic heterocycles. The number of carbonyl (C=O) groups excluding carboxylic acids is 1. The minimum absolute atomic E-state index is 0.0222. The largest absolute Gasteiger partial charge is 0.468 e. The van der Waals surface area contributed by atoms with Gasteiger partial charge in [0.1, 0.15) is 12.4 Å². The molecule has 0 atom stereocenters. The number of rotatable bonds is 7. The molecule has 5 rings (SSSR count). The number of carbonyl (C=O) groups is 1. The lowest BCUT2D eigenvalue weighted by molar-refractivity contribution is -0.141. The van der Waals surface area contributed by atoms with Gasteiger partial charge in [-0.2, -0.15) is 0 Å². The third-order valence-electron chi connectivity index (χ3n) is 6.08. The number of benzene rings is 2. The zero-order valence-electron chi connectivity index (χ0n) is 20.4. The lowest BCUT2D eigenvalue weighted by atomic mass is 9.98. The molecule has 12 nitrogen and oxygen atoms in total. The lowest BCUT2D eigenvalue weighted by Gasteiger charge is -2.13. The van der Waals surface area contributed by atoms with Gasteiger partial charge < -0.3 is 9.30 Å². The van der Waals surface area contributed by atoms with Crippen molar-refractivity contribution in [1.29, 1.82) is 0 Å². The summed E-state index contributed by atoms with van der Waals surface area (Å²) in [5.41, 5.74) is 2.83. The lowest BCUT2D eigenvalue weighted by Crippen LogP contribution is -2.38. The summed E-state index contributed by atoms with van der Waals surface area (Å²) in [4.78, 5) is 44.7. The Bertz CT molecular complexity index is 1700. The second kappa shape index (κ2) is 9.64. The summed E-state index contributed by atoms with van der Waals surface area (Å²) in [6, 6.07) is 15.7. The van der Waals surface area contributed by atoms with Crippen molar-refractivity contribution in [2.24, 2.45) is 0 Å². The van der Waals surface area contributed by atoms with Crippen molar-refractivity contribution in [1.82, 2.24) is 39.7 Å². The second-order valence-electron chi connectivity index (χ2n) is 8.80. The number of tetrazole rings is 1. The van der Waals surface area contributed by atoms with Gasteiger partial charge in [-0.15, -0.1) is 5.10 Å². The number of nitrogens with zero attached hydrogens (tertiary/aromatic N) is 6. The minimum atomic E-state index is -0.715. The van der Waals surface area contributed by atoms with Crippen molar-refractivity contribution < 1.29 is 9.53 Å². The first-order valence-corrected chi connectivity index (χ1v) is 11.6. The standard InChI is InChI=1S/C25H24N8O4/c1-14(2)23-26-22-20(24(35)33(25(36)27-22)13-19(34)37-3)32(23)12-15-8-10-16(11-9-15)17-6-4-5-7-18(17)21-28-30-31-29-21/h4-11,14H,12-13H2,1-3H3,(H,27,36)(H,28,29,30,31). The van der Waals surface area contributed by atoms with E-state index >= 15 is 0 Å². The Balaban J connectivity index is 1.55. The summed E-state index contributed by atoms with van der Waals surface area (Å²) in [6.07, 6.45) is 0. The van der Waals surface area contributed by atoms with Crippen LogP contribution in [-0.4, -0.2) is 52.8 Å². The molecule has 0 aliphatic carbocycles. The molecule has 12 heteroatoms. The van der Waals surface area contributed by atoms with Gasteiger partial charge in [-0.05, 0) is 27.1 Å². The van der Waals surface area contributed by atoms with E-state index < -0.39 is 23.8 Å². The van der Waals surface area contributed by atoms with Gasteiger partial charge in [0.15, 0.2) is 17.0 Å². The summed E-state index contributed by atoms with van der Waals surface area (Å²) in [5.74, 6) is 0.499. The molecule has 3 heterocycles. The molecule has 0 saturated carbocycles. The van der Waals surface area contributed by atoms with Crippen molar-refractivity contribution in [3.05, 3.63) is 80.8 Å². The first-order chi connectivity index (χ1) is 17.9. The number of nitrogens with one attached hydrogen (secondary N) is 2. The molecule has 0 aliphatic heterocycles. The van der Waals surface area contributed by atoms with E-state index in [2.05, 4.69) is 35.3 Å². The predicted molar refractivity (Wildman–Crippen MR) is 135 cm³/mol. The van der Waals surface area contributed by atoms with Crippen molar-refractivity contribution in [3.63, 3.8) is 0 Å². The van der Waals surface area contributed by atoms with Crippen LogP contribution in [0.2, 0.25) is 0 Å². The van der Waals surface area contributed by atoms with Crippen LogP contribution in [0.1, 0.15) is 31.2 Å². The molecular formula is C25H24N8O4. The van der Waals surface area contributed by atoms with Crippen LogP contribution in [0.4, 0.5) is 0 Å². The highest BCUT2D eigenvalue weighted by Gasteiger charge is 2.21. The molecule has 188 valence electrons. The Labute approximate surface area is 209 Å². The van der Waals surface area contributed by atoms with Gasteiger partial charge in [0.05, 0.1) is 7.11 Å². The number of hydrogen-bond acceptors (Lipinski definition) is 8. The molecular weight excluding hydrogens is 476 g/mol. The molecule has 0 amide bonds. The maximum absolute atomic E-state index is 13.3. The topological polar surface area (TPSA) is 153 Å². The maximum Gasteiger partial charge on any atom is 0.330 e. The Morgan fingerprint density at radius 1 is 1.03 bits per heavy atom. The molecule has 2 N–H and O–H groups in total. The molecule has 0 spiro atoms. The molecule has 0 fully saturated rings. The Hall–Kier alpha value is -4.87. The van der Waals surface area contributed by atoms with E-state index in [1.165, 1.54) is 7.11 Å². The van der Waals surface area contributed by atoms with Gasteiger partial charge in [-0.1, -0.05) is 62.4 Å². The third-order valence-corrected chi connectivity index (χ3v) is 6.08. The Morgan fingerprint density at radius 2 is 1.76 bits per heavy atom. The number of aromatic amines is 2. The van der Waals surface area contributed by atoms with Crippen molar-refractivity contribution in [3.8, 4) is 22.5 Å². The second-order valence-corrected chi connectivity index (χ2v) is 8.80. The van der Waals surface area contributed by atoms with Crippen LogP contribution in [0.5, 0.6) is 0 Å². The highest BCUT2D eigenvalue weighted by atomic mass is 16.5. The Morgan fingerprint density at radius 3 is 2.41 bits per heavy atom. The first-order valence-electron chi connectivity index (χ1n) is 11.6. The van der Waals surface area contributed by atoms with E-state index in [0.717, 1.165) is 26.8 Å². The maximum atomic E-state index is 13.3. The monoisotopic (exact) mass is 500 g/mol. The summed E-state index contributed by atoms with van der Waals surface area (Å²) in [7, 11) is 1.20. The fourth-order valence-electron chi connectivity index (χ4n) is 4.29. The van der Waals surface area contributed by atoms with Crippen LogP contribution in [0, 0.1) is 0 Å². The van der Waals surface area contributed by atoms with E-state index in [-0.39, 0.29) is 17.1 Å². The fraction of sp³-hybridized carbons (Fsp3) is 0.240. The summed E-state index contributed by atoms with van der Waals surface area (Å²) < 4.78 is 7.25. The average molecular weight is 501 g/mol. The minimum Gasteiger partial charge on any atom is -0.468 e. The Kier molecular flexibility index (Phi) is 6.22. The third kappa shape index (κ3) is 4.44. The highest BCUT2D eigenvalue weighted by molar-refractivity contribution is 5.80. The van der Waals surface area contributed by atoms with Crippen molar-refractivity contribution >= 4 is 17.1 Å². The van der Waals surface area contributed by atoms with Gasteiger partial charge in [0, 0.05) is 18.0 Å². The van der Waals surface area contributed by atoms with Gasteiger partial charge in [0.2, 0.25) is 0 Å². The molecule has 5 aromatic rings. The number of imidazole rings is 1. The van der Waals surface area contributed by atoms with Crippen molar-refractivity contribution in [2.75, 3.05) is 7.11 Å². The van der Waals surface area contributed by atoms with E-state index in [4.69, 9.17) is 0 Å². The van der Waals surface area contributed by atoms with Gasteiger partial charge in [-0.25, -0.2) is 19.4 Å². The van der Waals surface area contributed by atoms with E-state index in [1.54, 1.807) is 4.57 Å². The smallest absolute Gasteiger partial charge is 0.330 e. The number of aromatic nitrogens is 8. The zero-order valence-corrected chi connectivity index (χ0v) is 20.4. The fourth-order valence-corrected chi connectivity index (χ4v) is 4.29. The number of H-pyrrole nitrogens is 2. The van der Waals surface area contributed by atoms with Crippen LogP contribution in [0.25, 0.3) is 33.7 Å². The van der Waals surface area contributed by atoms with Gasteiger partial charge in [-0.3, -0.25) is 14.6 Å². The molecule has 0 unspecified atom stereocenters. The van der Waals surface area contributed by atoms with Crippen LogP contribution >= 0.6 is 0 Å². The quantitative estimate of drug-likeness (QED) is 0.322. The van der Waals surface area contributed by atoms with E-state index in [9.17, 15) is 14.4 Å². The summed E-state index contributed by atoms with van der Waals surface area (Å²) >= 11 is 0. The van der Waals surface area contributed by atoms with E-state index in [1.807, 2.05) is 62.4 Å². The summed E-state index contributed by atoms with van der Waals surface area (Å²) in [5, 5.41) is 14.2. The van der Waals surface area contributed by atoms with Crippen LogP contribution in [0.3, 0.4) is 0 Å². The highest BCUT2D eigenvalue weighted by Crippen LogP contribution is 2.30. The SMILES string of the molecule is COC(=O)Cn1c(=O)[nH]c2nc(C(C)C)n(Cc3ccc(-c4ccccc4-c4nnn[nH]4)cc3)c2c1=O. The predicted octanol–water partition coefficient (Wildman–Crippen LogP) is 2.08. The molecule has 0 aliphatic rings. The number of ether oxygens (including phenoxy) is 1. The molecule has 0 radical (unpaired) electrons. The number of esters is 1. The zero-order chi connectivity index (χ0) is 26.1. The normalized spacial score (nSPS) is 11.4. The number of fused-ring (bicyclic) bond motifs is 1. The molecule has 37 heavy (non-hydrogen) atoms. The van der Waals surface area contributed by atoms with Crippen LogP contribution in [0.15, 0.2) is 58.1 Å². The van der Waals surface area contributed by atoms with Gasteiger partial charge in [0.25, 0.3) is 5.56 Å². The molecule has 0 bridgehead atoms. The van der Waals surface area contributed by atoms with Gasteiger partial charge >= 0.3 is 11.7 Å². The first kappa shape index (κ1) is 23.9. The summed E-state index contributed by atoms with van der Waals surface area (Å²) in [6.45, 7) is 3.78. The van der Waals surface area contributed by atoms with E-state index in [0.29, 0.717) is 18.2 Å². The molecule has 0 saturated heterocycles. The van der Waals surface area contributed by atoms with Crippen LogP contribution in [-0.2, 0) is 22.6 Å².